The molecule has 0 amide bonds. The molecular weight excluding hydrogens is 254 g/mol. The Labute approximate surface area is 122 Å². The van der Waals surface area contributed by atoms with Gasteiger partial charge in [-0.25, -0.2) is 0 Å². The highest BCUT2D eigenvalue weighted by atomic mass is 32.1. The summed E-state index contributed by atoms with van der Waals surface area (Å²) in [5.74, 6) is 0. The predicted octanol–water partition coefficient (Wildman–Crippen LogP) is 2.36. The standard InChI is InChI=1S/C15H27N3S/c19-15(16-13-6-7-13)18-11-2-1-5-14(18)8-12-17-9-3-4-10-17/h13-14H,1-12H2,(H,16,19)/t14-/m1/s1. The molecule has 108 valence electrons. The van der Waals surface area contributed by atoms with Crippen LogP contribution < -0.4 is 5.32 Å². The van der Waals surface area contributed by atoms with E-state index in [1.165, 1.54) is 77.5 Å². The highest BCUT2D eigenvalue weighted by Gasteiger charge is 2.29. The maximum Gasteiger partial charge on any atom is 0.169 e. The van der Waals surface area contributed by atoms with Gasteiger partial charge in [0.1, 0.15) is 0 Å². The first-order valence-corrected chi connectivity index (χ1v) is 8.53. The first-order valence-electron chi connectivity index (χ1n) is 8.12. The number of hydrogen-bond donors (Lipinski definition) is 1. The lowest BCUT2D eigenvalue weighted by Gasteiger charge is -2.38. The smallest absolute Gasteiger partial charge is 0.169 e. The highest BCUT2D eigenvalue weighted by Crippen LogP contribution is 2.24. The van der Waals surface area contributed by atoms with Crippen LogP contribution in [-0.4, -0.2) is 53.2 Å². The van der Waals surface area contributed by atoms with Crippen molar-refractivity contribution in [3.05, 3.63) is 0 Å². The fraction of sp³-hybridized carbons (Fsp3) is 0.933. The minimum atomic E-state index is 0.688. The number of piperidine rings is 1. The van der Waals surface area contributed by atoms with Crippen LogP contribution in [0.15, 0.2) is 0 Å². The second-order valence-electron chi connectivity index (χ2n) is 6.40. The zero-order valence-electron chi connectivity index (χ0n) is 11.9. The Morgan fingerprint density at radius 2 is 1.74 bits per heavy atom. The van der Waals surface area contributed by atoms with Gasteiger partial charge in [0.2, 0.25) is 0 Å². The van der Waals surface area contributed by atoms with Gasteiger partial charge in [0.25, 0.3) is 0 Å². The third-order valence-electron chi connectivity index (χ3n) is 4.77. The Morgan fingerprint density at radius 1 is 1.00 bits per heavy atom. The summed E-state index contributed by atoms with van der Waals surface area (Å²) in [6.07, 6.45) is 10.7. The lowest BCUT2D eigenvalue weighted by Crippen LogP contribution is -2.49. The number of rotatable bonds is 4. The van der Waals surface area contributed by atoms with Crippen LogP contribution in [0.5, 0.6) is 0 Å². The molecule has 0 radical (unpaired) electrons. The molecule has 2 saturated heterocycles. The van der Waals surface area contributed by atoms with Crippen molar-refractivity contribution >= 4 is 17.3 Å². The van der Waals surface area contributed by atoms with Gasteiger partial charge < -0.3 is 15.1 Å². The molecule has 1 saturated carbocycles. The Bertz CT molecular complexity index is 311. The molecule has 3 fully saturated rings. The number of nitrogens with one attached hydrogen (secondary N) is 1. The molecule has 2 aliphatic heterocycles. The van der Waals surface area contributed by atoms with Crippen LogP contribution in [-0.2, 0) is 0 Å². The maximum atomic E-state index is 5.62. The summed E-state index contributed by atoms with van der Waals surface area (Å²) in [7, 11) is 0. The normalized spacial score (nSPS) is 28.6. The molecule has 1 aliphatic carbocycles. The summed E-state index contributed by atoms with van der Waals surface area (Å²) in [5, 5.41) is 4.56. The molecule has 0 aromatic rings. The zero-order valence-corrected chi connectivity index (χ0v) is 12.8. The first kappa shape index (κ1) is 13.6. The molecule has 0 aromatic carbocycles. The van der Waals surface area contributed by atoms with Crippen LogP contribution in [0.3, 0.4) is 0 Å². The van der Waals surface area contributed by atoms with Crippen molar-refractivity contribution in [3.63, 3.8) is 0 Å². The van der Waals surface area contributed by atoms with Gasteiger partial charge in [-0.05, 0) is 76.7 Å². The largest absolute Gasteiger partial charge is 0.360 e. The van der Waals surface area contributed by atoms with E-state index in [-0.39, 0.29) is 0 Å². The zero-order chi connectivity index (χ0) is 13.1. The number of likely N-dealkylation sites (tertiary alicyclic amines) is 2. The molecule has 3 rings (SSSR count). The summed E-state index contributed by atoms with van der Waals surface area (Å²) in [6.45, 7) is 5.07. The van der Waals surface area contributed by atoms with Gasteiger partial charge in [0.05, 0.1) is 0 Å². The van der Waals surface area contributed by atoms with E-state index in [0.717, 1.165) is 5.11 Å². The van der Waals surface area contributed by atoms with Crippen molar-refractivity contribution in [1.82, 2.24) is 15.1 Å². The highest BCUT2D eigenvalue weighted by molar-refractivity contribution is 7.80. The Morgan fingerprint density at radius 3 is 2.47 bits per heavy atom. The number of nitrogens with zero attached hydrogens (tertiary/aromatic N) is 2. The van der Waals surface area contributed by atoms with Gasteiger partial charge in [-0.15, -0.1) is 0 Å². The molecule has 2 heterocycles. The average Bonchev–Trinajstić information content (AvgIpc) is 3.09. The Kier molecular flexibility index (Phi) is 4.59. The number of thiocarbonyl (C=S) groups is 1. The molecule has 1 N–H and O–H groups in total. The molecule has 1 atom stereocenters. The van der Waals surface area contributed by atoms with Gasteiger partial charge in [0.15, 0.2) is 5.11 Å². The first-order chi connectivity index (χ1) is 9.33. The molecule has 0 spiro atoms. The van der Waals surface area contributed by atoms with Crippen LogP contribution in [0.2, 0.25) is 0 Å². The maximum absolute atomic E-state index is 5.62. The van der Waals surface area contributed by atoms with Crippen LogP contribution in [0.1, 0.15) is 51.4 Å². The van der Waals surface area contributed by atoms with Gasteiger partial charge >= 0.3 is 0 Å². The summed E-state index contributed by atoms with van der Waals surface area (Å²) in [6, 6.07) is 1.38. The fourth-order valence-corrected chi connectivity index (χ4v) is 3.80. The second-order valence-corrected chi connectivity index (χ2v) is 6.79. The summed E-state index contributed by atoms with van der Waals surface area (Å²) in [5.41, 5.74) is 0. The van der Waals surface area contributed by atoms with Gasteiger partial charge in [-0.3, -0.25) is 0 Å². The molecular formula is C15H27N3S. The van der Waals surface area contributed by atoms with Crippen LogP contribution >= 0.6 is 12.2 Å². The summed E-state index contributed by atoms with van der Waals surface area (Å²) in [4.78, 5) is 5.12. The molecule has 3 nitrogen and oxygen atoms in total. The van der Waals surface area contributed by atoms with Crippen molar-refractivity contribution in [2.75, 3.05) is 26.2 Å². The molecule has 0 unspecified atom stereocenters. The van der Waals surface area contributed by atoms with E-state index in [1.807, 2.05) is 0 Å². The van der Waals surface area contributed by atoms with E-state index >= 15 is 0 Å². The monoisotopic (exact) mass is 281 g/mol. The molecule has 4 heteroatoms. The molecule has 0 aromatic heterocycles. The van der Waals surface area contributed by atoms with Crippen LogP contribution in [0, 0.1) is 0 Å². The Balaban J connectivity index is 1.48. The average molecular weight is 281 g/mol. The third-order valence-corrected chi connectivity index (χ3v) is 5.12. The van der Waals surface area contributed by atoms with Crippen molar-refractivity contribution in [1.29, 1.82) is 0 Å². The van der Waals surface area contributed by atoms with E-state index in [4.69, 9.17) is 12.2 Å². The van der Waals surface area contributed by atoms with Crippen molar-refractivity contribution in [2.24, 2.45) is 0 Å². The second kappa shape index (κ2) is 6.40. The van der Waals surface area contributed by atoms with Crippen LogP contribution in [0.25, 0.3) is 0 Å². The van der Waals surface area contributed by atoms with Crippen molar-refractivity contribution < 1.29 is 0 Å². The molecule has 3 aliphatic rings. The van der Waals surface area contributed by atoms with Gasteiger partial charge in [-0.2, -0.15) is 0 Å². The molecule has 19 heavy (non-hydrogen) atoms. The quantitative estimate of drug-likeness (QED) is 0.797. The van der Waals surface area contributed by atoms with Gasteiger partial charge in [0, 0.05) is 25.2 Å². The third kappa shape index (κ3) is 3.82. The fourth-order valence-electron chi connectivity index (χ4n) is 3.39. The van der Waals surface area contributed by atoms with Gasteiger partial charge in [-0.1, -0.05) is 0 Å². The number of hydrogen-bond acceptors (Lipinski definition) is 2. The van der Waals surface area contributed by atoms with Crippen LogP contribution in [0.4, 0.5) is 0 Å². The lowest BCUT2D eigenvalue weighted by molar-refractivity contribution is 0.202. The Hall–Kier alpha value is -0.350. The minimum Gasteiger partial charge on any atom is -0.360 e. The minimum absolute atomic E-state index is 0.688. The summed E-state index contributed by atoms with van der Waals surface area (Å²) < 4.78 is 0. The lowest BCUT2D eigenvalue weighted by atomic mass is 9.99. The SMILES string of the molecule is S=C(NC1CC1)N1CCCC[C@@H]1CCN1CCCC1. The van der Waals surface area contributed by atoms with E-state index in [2.05, 4.69) is 15.1 Å². The van der Waals surface area contributed by atoms with E-state index in [1.54, 1.807) is 0 Å². The topological polar surface area (TPSA) is 18.5 Å². The van der Waals surface area contributed by atoms with Crippen molar-refractivity contribution in [3.8, 4) is 0 Å². The molecule has 0 bridgehead atoms. The van der Waals surface area contributed by atoms with Crippen molar-refractivity contribution in [2.45, 2.75) is 63.5 Å². The predicted molar refractivity (Wildman–Crippen MR) is 83.4 cm³/mol. The van der Waals surface area contributed by atoms with E-state index in [0.29, 0.717) is 12.1 Å². The van der Waals surface area contributed by atoms with E-state index < -0.39 is 0 Å². The van der Waals surface area contributed by atoms with E-state index in [9.17, 15) is 0 Å². The summed E-state index contributed by atoms with van der Waals surface area (Å²) >= 11 is 5.62.